The van der Waals surface area contributed by atoms with Crippen LogP contribution in [0.15, 0.2) is 0 Å². The van der Waals surface area contributed by atoms with Crippen molar-refractivity contribution in [2.75, 3.05) is 26.2 Å². The van der Waals surface area contributed by atoms with Crippen LogP contribution in [0.1, 0.15) is 58.8 Å². The molecule has 1 saturated heterocycles. The largest absolute Gasteiger partial charge is 0.388 e. The van der Waals surface area contributed by atoms with Gasteiger partial charge in [0.15, 0.2) is 0 Å². The molecule has 1 aliphatic heterocycles. The molecule has 19 heavy (non-hydrogen) atoms. The van der Waals surface area contributed by atoms with Crippen LogP contribution in [0.5, 0.6) is 0 Å². The van der Waals surface area contributed by atoms with Gasteiger partial charge in [-0.1, -0.05) is 26.7 Å². The van der Waals surface area contributed by atoms with Gasteiger partial charge in [0.25, 0.3) is 0 Å². The molecule has 2 fully saturated rings. The van der Waals surface area contributed by atoms with Crippen LogP contribution in [-0.4, -0.2) is 47.8 Å². The second-order valence-corrected chi connectivity index (χ2v) is 7.07. The van der Waals surface area contributed by atoms with Gasteiger partial charge in [0.1, 0.15) is 0 Å². The van der Waals surface area contributed by atoms with Gasteiger partial charge < -0.3 is 10.4 Å². The summed E-state index contributed by atoms with van der Waals surface area (Å²) in [5.41, 5.74) is -0.440. The summed E-state index contributed by atoms with van der Waals surface area (Å²) in [5.74, 6) is 0.756. The van der Waals surface area contributed by atoms with E-state index in [1.165, 1.54) is 32.1 Å². The van der Waals surface area contributed by atoms with Gasteiger partial charge in [0, 0.05) is 12.6 Å². The van der Waals surface area contributed by atoms with Crippen molar-refractivity contribution in [2.45, 2.75) is 70.4 Å². The number of nitrogens with zero attached hydrogens (tertiary/aromatic N) is 1. The van der Waals surface area contributed by atoms with Crippen molar-refractivity contribution in [2.24, 2.45) is 5.92 Å². The van der Waals surface area contributed by atoms with E-state index in [0.717, 1.165) is 51.0 Å². The van der Waals surface area contributed by atoms with Crippen LogP contribution < -0.4 is 5.32 Å². The Hall–Kier alpha value is -0.120. The molecule has 1 saturated carbocycles. The molecule has 1 heterocycles. The molecule has 1 aliphatic carbocycles. The normalized spacial score (nSPS) is 24.5. The SMILES string of the molecule is CC(C)CCN(CC1(O)CCNCC1)C1CCCC1. The Labute approximate surface area is 118 Å². The Balaban J connectivity index is 1.91. The molecule has 0 aromatic heterocycles. The van der Waals surface area contributed by atoms with Crippen LogP contribution in [0.3, 0.4) is 0 Å². The van der Waals surface area contributed by atoms with Gasteiger partial charge >= 0.3 is 0 Å². The van der Waals surface area contributed by atoms with Gasteiger partial charge in [0.05, 0.1) is 5.60 Å². The van der Waals surface area contributed by atoms with E-state index in [1.807, 2.05) is 0 Å². The fourth-order valence-corrected chi connectivity index (χ4v) is 3.51. The zero-order valence-corrected chi connectivity index (χ0v) is 12.8. The number of aliphatic hydroxyl groups is 1. The van der Waals surface area contributed by atoms with E-state index in [9.17, 15) is 5.11 Å². The molecule has 0 bridgehead atoms. The highest BCUT2D eigenvalue weighted by atomic mass is 16.3. The average Bonchev–Trinajstić information content (AvgIpc) is 2.89. The molecular formula is C16H32N2O. The molecule has 0 amide bonds. The summed E-state index contributed by atoms with van der Waals surface area (Å²) in [7, 11) is 0. The molecule has 3 nitrogen and oxygen atoms in total. The molecule has 0 aromatic rings. The third-order valence-corrected chi connectivity index (χ3v) is 4.87. The molecule has 3 heteroatoms. The van der Waals surface area contributed by atoms with Crippen molar-refractivity contribution in [1.29, 1.82) is 0 Å². The van der Waals surface area contributed by atoms with Gasteiger partial charge in [-0.25, -0.2) is 0 Å². The number of nitrogens with one attached hydrogen (secondary N) is 1. The van der Waals surface area contributed by atoms with Gasteiger partial charge in [0.2, 0.25) is 0 Å². The monoisotopic (exact) mass is 268 g/mol. The lowest BCUT2D eigenvalue weighted by molar-refractivity contribution is -0.0314. The molecular weight excluding hydrogens is 236 g/mol. The quantitative estimate of drug-likeness (QED) is 0.776. The summed E-state index contributed by atoms with van der Waals surface area (Å²) in [4.78, 5) is 2.61. The predicted octanol–water partition coefficient (Wildman–Crippen LogP) is 2.39. The van der Waals surface area contributed by atoms with E-state index < -0.39 is 5.60 Å². The fourth-order valence-electron chi connectivity index (χ4n) is 3.51. The fraction of sp³-hybridized carbons (Fsp3) is 1.00. The third kappa shape index (κ3) is 4.73. The summed E-state index contributed by atoms with van der Waals surface area (Å²) >= 11 is 0. The van der Waals surface area contributed by atoms with E-state index in [4.69, 9.17) is 0 Å². The maximum atomic E-state index is 10.8. The molecule has 112 valence electrons. The minimum Gasteiger partial charge on any atom is -0.388 e. The summed E-state index contributed by atoms with van der Waals surface area (Å²) in [6.45, 7) is 8.60. The van der Waals surface area contributed by atoms with Crippen molar-refractivity contribution in [1.82, 2.24) is 10.2 Å². The van der Waals surface area contributed by atoms with Crippen LogP contribution in [0.25, 0.3) is 0 Å². The van der Waals surface area contributed by atoms with Crippen LogP contribution in [0, 0.1) is 5.92 Å². The molecule has 0 spiro atoms. The summed E-state index contributed by atoms with van der Waals surface area (Å²) in [6.07, 6.45) is 8.52. The number of rotatable bonds is 6. The van der Waals surface area contributed by atoms with Crippen molar-refractivity contribution >= 4 is 0 Å². The predicted molar refractivity (Wildman–Crippen MR) is 80.3 cm³/mol. The minimum absolute atomic E-state index is 0.440. The van der Waals surface area contributed by atoms with Crippen LogP contribution in [-0.2, 0) is 0 Å². The standard InChI is InChI=1S/C16H32N2O/c1-14(2)7-12-18(15-5-3-4-6-15)13-16(19)8-10-17-11-9-16/h14-15,17,19H,3-13H2,1-2H3. The molecule has 2 N–H and O–H groups in total. The van der Waals surface area contributed by atoms with E-state index in [1.54, 1.807) is 0 Å². The molecule has 0 unspecified atom stereocenters. The zero-order valence-electron chi connectivity index (χ0n) is 12.8. The average molecular weight is 268 g/mol. The second-order valence-electron chi connectivity index (χ2n) is 7.07. The number of hydrogen-bond acceptors (Lipinski definition) is 3. The van der Waals surface area contributed by atoms with Gasteiger partial charge in [-0.15, -0.1) is 0 Å². The van der Waals surface area contributed by atoms with Crippen molar-refractivity contribution in [3.63, 3.8) is 0 Å². The van der Waals surface area contributed by atoms with E-state index >= 15 is 0 Å². The molecule has 2 aliphatic rings. The lowest BCUT2D eigenvalue weighted by atomic mass is 9.91. The highest BCUT2D eigenvalue weighted by Gasteiger charge is 2.34. The van der Waals surface area contributed by atoms with E-state index in [0.29, 0.717) is 0 Å². The van der Waals surface area contributed by atoms with E-state index in [-0.39, 0.29) is 0 Å². The number of piperidine rings is 1. The lowest BCUT2D eigenvalue weighted by Crippen LogP contribution is -2.52. The van der Waals surface area contributed by atoms with Crippen molar-refractivity contribution in [3.05, 3.63) is 0 Å². The smallest absolute Gasteiger partial charge is 0.0798 e. The third-order valence-electron chi connectivity index (χ3n) is 4.87. The maximum Gasteiger partial charge on any atom is 0.0798 e. The van der Waals surface area contributed by atoms with Gasteiger partial charge in [-0.05, 0) is 57.7 Å². The van der Waals surface area contributed by atoms with Gasteiger partial charge in [-0.2, -0.15) is 0 Å². The Morgan fingerprint density at radius 2 is 1.84 bits per heavy atom. The first-order valence-corrected chi connectivity index (χ1v) is 8.26. The van der Waals surface area contributed by atoms with Gasteiger partial charge in [-0.3, -0.25) is 4.90 Å². The first kappa shape index (κ1) is 15.3. The molecule has 0 radical (unpaired) electrons. The summed E-state index contributed by atoms with van der Waals surface area (Å²) in [6, 6.07) is 0.734. The highest BCUT2D eigenvalue weighted by Crippen LogP contribution is 2.28. The zero-order chi connectivity index (χ0) is 13.7. The lowest BCUT2D eigenvalue weighted by Gasteiger charge is -2.40. The summed E-state index contributed by atoms with van der Waals surface area (Å²) < 4.78 is 0. The summed E-state index contributed by atoms with van der Waals surface area (Å²) in [5, 5.41) is 14.1. The Morgan fingerprint density at radius 3 is 2.42 bits per heavy atom. The molecule has 0 aromatic carbocycles. The van der Waals surface area contributed by atoms with Crippen LogP contribution in [0.4, 0.5) is 0 Å². The van der Waals surface area contributed by atoms with Crippen molar-refractivity contribution in [3.8, 4) is 0 Å². The Kier molecular flexibility index (Phi) is 5.67. The topological polar surface area (TPSA) is 35.5 Å². The Morgan fingerprint density at radius 1 is 1.21 bits per heavy atom. The van der Waals surface area contributed by atoms with Crippen LogP contribution in [0.2, 0.25) is 0 Å². The minimum atomic E-state index is -0.440. The molecule has 0 atom stereocenters. The highest BCUT2D eigenvalue weighted by molar-refractivity contribution is 4.90. The van der Waals surface area contributed by atoms with E-state index in [2.05, 4.69) is 24.1 Å². The first-order chi connectivity index (χ1) is 9.09. The first-order valence-electron chi connectivity index (χ1n) is 8.26. The number of hydrogen-bond donors (Lipinski definition) is 2. The van der Waals surface area contributed by atoms with Crippen LogP contribution >= 0.6 is 0 Å². The second kappa shape index (κ2) is 7.05. The maximum absolute atomic E-state index is 10.8. The molecule has 2 rings (SSSR count). The Bertz CT molecular complexity index is 255. The van der Waals surface area contributed by atoms with Crippen molar-refractivity contribution < 1.29 is 5.11 Å².